The van der Waals surface area contributed by atoms with Gasteiger partial charge in [0.15, 0.2) is 5.13 Å². The van der Waals surface area contributed by atoms with Gasteiger partial charge in [-0.1, -0.05) is 23.7 Å². The normalized spacial score (nSPS) is 11.0. The third-order valence-electron chi connectivity index (χ3n) is 3.60. The van der Waals surface area contributed by atoms with Crippen LogP contribution in [0, 0.1) is 0 Å². The highest BCUT2D eigenvalue weighted by molar-refractivity contribution is 7.13. The van der Waals surface area contributed by atoms with E-state index in [1.807, 2.05) is 12.1 Å². The van der Waals surface area contributed by atoms with Crippen LogP contribution in [0.3, 0.4) is 0 Å². The predicted octanol–water partition coefficient (Wildman–Crippen LogP) is 2.31. The summed E-state index contributed by atoms with van der Waals surface area (Å²) in [6.45, 7) is -0.212. The molecule has 3 heterocycles. The number of carbonyl (C=O) groups excluding carboxylic acids is 1. The number of fused-ring (bicyclic) bond motifs is 1. The third-order valence-corrected chi connectivity index (χ3v) is 4.54. The van der Waals surface area contributed by atoms with Gasteiger partial charge in [0.1, 0.15) is 18.4 Å². The van der Waals surface area contributed by atoms with Gasteiger partial charge in [0.05, 0.1) is 5.69 Å². The van der Waals surface area contributed by atoms with Gasteiger partial charge in [0.2, 0.25) is 5.91 Å². The summed E-state index contributed by atoms with van der Waals surface area (Å²) in [4.78, 5) is 28.6. The second kappa shape index (κ2) is 6.70. The number of halogens is 1. The molecule has 4 rings (SSSR count). The minimum atomic E-state index is -0.408. The number of rotatable bonds is 4. The molecular formula is C16H11ClN6O2S. The zero-order valence-corrected chi connectivity index (χ0v) is 14.7. The molecule has 3 aromatic heterocycles. The Balaban J connectivity index is 1.63. The molecular weight excluding hydrogens is 376 g/mol. The van der Waals surface area contributed by atoms with E-state index in [1.165, 1.54) is 22.2 Å². The van der Waals surface area contributed by atoms with Crippen LogP contribution in [-0.4, -0.2) is 30.3 Å². The molecule has 0 spiro atoms. The molecule has 0 unspecified atom stereocenters. The van der Waals surface area contributed by atoms with E-state index >= 15 is 0 Å². The Labute approximate surface area is 155 Å². The van der Waals surface area contributed by atoms with Crippen molar-refractivity contribution in [2.24, 2.45) is 0 Å². The molecule has 0 aliphatic carbocycles. The largest absolute Gasteiger partial charge is 0.300 e. The van der Waals surface area contributed by atoms with Crippen molar-refractivity contribution in [1.29, 1.82) is 0 Å². The number of thiazole rings is 1. The highest BCUT2D eigenvalue weighted by atomic mass is 35.5. The van der Waals surface area contributed by atoms with Gasteiger partial charge in [-0.05, 0) is 18.2 Å². The summed E-state index contributed by atoms with van der Waals surface area (Å²) in [5.41, 5.74) is 1.36. The van der Waals surface area contributed by atoms with Gasteiger partial charge in [0, 0.05) is 22.2 Å². The van der Waals surface area contributed by atoms with Crippen molar-refractivity contribution in [2.75, 3.05) is 5.32 Å². The number of amides is 1. The summed E-state index contributed by atoms with van der Waals surface area (Å²) in [5.74, 6) is -0.378. The Morgan fingerprint density at radius 3 is 2.81 bits per heavy atom. The number of anilines is 1. The number of hydrogen-bond acceptors (Lipinski definition) is 6. The van der Waals surface area contributed by atoms with Crippen molar-refractivity contribution >= 4 is 39.5 Å². The Hall–Kier alpha value is -3.04. The lowest BCUT2D eigenvalue weighted by atomic mass is 10.1. The average molecular weight is 387 g/mol. The molecule has 0 aliphatic rings. The van der Waals surface area contributed by atoms with E-state index in [1.54, 1.807) is 29.8 Å². The lowest BCUT2D eigenvalue weighted by molar-refractivity contribution is -0.117. The summed E-state index contributed by atoms with van der Waals surface area (Å²) < 4.78 is 2.48. The summed E-state index contributed by atoms with van der Waals surface area (Å²) in [7, 11) is 0. The molecule has 130 valence electrons. The van der Waals surface area contributed by atoms with Gasteiger partial charge in [-0.25, -0.2) is 14.2 Å². The van der Waals surface area contributed by atoms with Crippen molar-refractivity contribution in [3.63, 3.8) is 0 Å². The first-order chi connectivity index (χ1) is 12.6. The fourth-order valence-corrected chi connectivity index (χ4v) is 3.06. The Kier molecular flexibility index (Phi) is 4.23. The molecule has 1 aromatic carbocycles. The average Bonchev–Trinajstić information content (AvgIpc) is 3.28. The zero-order chi connectivity index (χ0) is 18.1. The molecule has 0 fully saturated rings. The fraction of sp³-hybridized carbons (Fsp3) is 0.0625. The highest BCUT2D eigenvalue weighted by Crippen LogP contribution is 2.20. The monoisotopic (exact) mass is 386 g/mol. The summed E-state index contributed by atoms with van der Waals surface area (Å²) >= 11 is 7.19. The van der Waals surface area contributed by atoms with Gasteiger partial charge < -0.3 is 5.32 Å². The number of aromatic nitrogens is 5. The van der Waals surface area contributed by atoms with Crippen LogP contribution in [0.1, 0.15) is 0 Å². The van der Waals surface area contributed by atoms with Gasteiger partial charge >= 0.3 is 0 Å². The summed E-state index contributed by atoms with van der Waals surface area (Å²) in [6.07, 6.45) is 2.98. The second-order valence-electron chi connectivity index (χ2n) is 5.35. The fourth-order valence-electron chi connectivity index (χ4n) is 2.39. The van der Waals surface area contributed by atoms with E-state index in [0.717, 1.165) is 10.2 Å². The van der Waals surface area contributed by atoms with Gasteiger partial charge in [0.25, 0.3) is 5.56 Å². The number of carbonyl (C=O) groups is 1. The van der Waals surface area contributed by atoms with Crippen molar-refractivity contribution in [3.05, 3.63) is 63.6 Å². The molecule has 4 aromatic rings. The number of nitrogens with zero attached hydrogens (tertiary/aromatic N) is 5. The van der Waals surface area contributed by atoms with Crippen LogP contribution < -0.4 is 10.9 Å². The number of benzene rings is 1. The maximum Gasteiger partial charge on any atom is 0.293 e. The molecule has 0 saturated heterocycles. The van der Waals surface area contributed by atoms with Crippen LogP contribution in [0.2, 0.25) is 5.02 Å². The van der Waals surface area contributed by atoms with Crippen LogP contribution >= 0.6 is 22.9 Å². The smallest absolute Gasteiger partial charge is 0.293 e. The molecule has 0 saturated carbocycles. The van der Waals surface area contributed by atoms with Gasteiger partial charge in [-0.2, -0.15) is 10.2 Å². The SMILES string of the molecule is O=C(Cn1ncn2nc(-c3ccc(Cl)cc3)cc2c1=O)Nc1nccs1. The van der Waals surface area contributed by atoms with Gasteiger partial charge in [-0.3, -0.25) is 9.59 Å². The molecule has 0 radical (unpaired) electrons. The maximum atomic E-state index is 12.6. The van der Waals surface area contributed by atoms with Gasteiger partial charge in [-0.15, -0.1) is 11.3 Å². The minimum absolute atomic E-state index is 0.212. The summed E-state index contributed by atoms with van der Waals surface area (Å²) in [6, 6.07) is 8.79. The van der Waals surface area contributed by atoms with Crippen LogP contribution in [0.25, 0.3) is 16.8 Å². The number of nitrogens with one attached hydrogen (secondary N) is 1. The molecule has 0 bridgehead atoms. The lowest BCUT2D eigenvalue weighted by Gasteiger charge is -2.04. The van der Waals surface area contributed by atoms with E-state index in [-0.39, 0.29) is 12.5 Å². The molecule has 8 nitrogen and oxygen atoms in total. The van der Waals surface area contributed by atoms with Crippen molar-refractivity contribution in [3.8, 4) is 11.3 Å². The zero-order valence-electron chi connectivity index (χ0n) is 13.2. The van der Waals surface area contributed by atoms with Crippen LogP contribution in [0.15, 0.2) is 53.0 Å². The van der Waals surface area contributed by atoms with Crippen LogP contribution in [0.4, 0.5) is 5.13 Å². The first-order valence-electron chi connectivity index (χ1n) is 7.51. The highest BCUT2D eigenvalue weighted by Gasteiger charge is 2.13. The molecule has 10 heteroatoms. The maximum absolute atomic E-state index is 12.6. The number of hydrogen-bond donors (Lipinski definition) is 1. The van der Waals surface area contributed by atoms with Crippen molar-refractivity contribution in [2.45, 2.75) is 6.54 Å². The van der Waals surface area contributed by atoms with E-state index in [9.17, 15) is 9.59 Å². The third kappa shape index (κ3) is 3.22. The van der Waals surface area contributed by atoms with E-state index < -0.39 is 5.56 Å². The topological polar surface area (TPSA) is 94.2 Å². The Morgan fingerprint density at radius 2 is 2.08 bits per heavy atom. The standard InChI is InChI=1S/C16H11ClN6O2S/c17-11-3-1-10(2-4-11)12-7-13-15(25)22(19-9-23(13)21-12)8-14(24)20-16-18-5-6-26-16/h1-7,9H,8H2,(H,18,20,24). The van der Waals surface area contributed by atoms with E-state index in [0.29, 0.717) is 21.4 Å². The quantitative estimate of drug-likeness (QED) is 0.580. The summed E-state index contributed by atoms with van der Waals surface area (Å²) in [5, 5.41) is 13.8. The van der Waals surface area contributed by atoms with Crippen LogP contribution in [0.5, 0.6) is 0 Å². The molecule has 0 aliphatic heterocycles. The van der Waals surface area contributed by atoms with Crippen molar-refractivity contribution < 1.29 is 4.79 Å². The molecule has 1 amide bonds. The Bertz CT molecular complexity index is 1130. The first-order valence-corrected chi connectivity index (χ1v) is 8.77. The molecule has 26 heavy (non-hydrogen) atoms. The predicted molar refractivity (Wildman–Crippen MR) is 98.4 cm³/mol. The van der Waals surface area contributed by atoms with E-state index in [4.69, 9.17) is 11.6 Å². The lowest BCUT2D eigenvalue weighted by Crippen LogP contribution is -2.30. The molecule has 1 N–H and O–H groups in total. The first kappa shape index (κ1) is 16.4. The van der Waals surface area contributed by atoms with E-state index in [2.05, 4.69) is 20.5 Å². The van der Waals surface area contributed by atoms with Crippen LogP contribution in [-0.2, 0) is 11.3 Å². The Morgan fingerprint density at radius 1 is 1.27 bits per heavy atom. The molecule has 0 atom stereocenters. The second-order valence-corrected chi connectivity index (χ2v) is 6.68. The van der Waals surface area contributed by atoms with Crippen molar-refractivity contribution in [1.82, 2.24) is 24.4 Å². The minimum Gasteiger partial charge on any atom is -0.300 e.